The molecule has 2 aromatic rings. The molecule has 1 aromatic carbocycles. The minimum atomic E-state index is 0.372. The molecule has 0 bridgehead atoms. The first-order chi connectivity index (χ1) is 10.3. The van der Waals surface area contributed by atoms with E-state index in [1.807, 2.05) is 24.3 Å². The van der Waals surface area contributed by atoms with Gasteiger partial charge in [-0.15, -0.1) is 0 Å². The fourth-order valence-electron chi connectivity index (χ4n) is 1.89. The summed E-state index contributed by atoms with van der Waals surface area (Å²) in [5.41, 5.74) is 2.16. The van der Waals surface area contributed by atoms with Gasteiger partial charge in [0.25, 0.3) is 0 Å². The second-order valence-electron chi connectivity index (χ2n) is 4.61. The van der Waals surface area contributed by atoms with E-state index in [2.05, 4.69) is 22.2 Å². The van der Waals surface area contributed by atoms with Crippen LogP contribution in [0.3, 0.4) is 0 Å². The van der Waals surface area contributed by atoms with Crippen molar-refractivity contribution in [2.24, 2.45) is 0 Å². The van der Waals surface area contributed by atoms with Crippen molar-refractivity contribution in [1.82, 2.24) is 15.3 Å². The fourth-order valence-corrected chi connectivity index (χ4v) is 1.89. The summed E-state index contributed by atoms with van der Waals surface area (Å²) in [4.78, 5) is 8.49. The van der Waals surface area contributed by atoms with Gasteiger partial charge in [0.05, 0.1) is 6.61 Å². The van der Waals surface area contributed by atoms with Crippen molar-refractivity contribution in [2.75, 3.05) is 20.3 Å². The Morgan fingerprint density at radius 1 is 1.14 bits per heavy atom. The molecule has 0 amide bonds. The first kappa shape index (κ1) is 15.4. The van der Waals surface area contributed by atoms with Crippen molar-refractivity contribution in [3.05, 3.63) is 47.8 Å². The lowest BCUT2D eigenvalue weighted by Crippen LogP contribution is -2.18. The van der Waals surface area contributed by atoms with Gasteiger partial charge in [0, 0.05) is 38.2 Å². The molecule has 0 atom stereocenters. The molecule has 2 rings (SSSR count). The van der Waals surface area contributed by atoms with Gasteiger partial charge in [-0.05, 0) is 18.1 Å². The Hall–Kier alpha value is -1.98. The van der Waals surface area contributed by atoms with Crippen LogP contribution < -0.4 is 10.1 Å². The largest absolute Gasteiger partial charge is 0.424 e. The van der Waals surface area contributed by atoms with Crippen LogP contribution in [0.5, 0.6) is 11.8 Å². The highest BCUT2D eigenvalue weighted by Gasteiger charge is 2.04. The Bertz CT molecular complexity index is 543. The molecule has 1 N–H and O–H groups in total. The molecule has 0 unspecified atom stereocenters. The normalized spacial score (nSPS) is 10.6. The summed E-state index contributed by atoms with van der Waals surface area (Å²) in [5, 5.41) is 3.24. The minimum absolute atomic E-state index is 0.372. The number of rotatable bonds is 8. The average molecular weight is 287 g/mol. The SMILES string of the molecule is CCc1ccccc1Oc1ncc(CNCCOC)cn1. The maximum atomic E-state index is 5.74. The first-order valence-electron chi connectivity index (χ1n) is 7.09. The number of benzene rings is 1. The number of aryl methyl sites for hydroxylation is 1. The van der Waals surface area contributed by atoms with Gasteiger partial charge < -0.3 is 14.8 Å². The van der Waals surface area contributed by atoms with Crippen molar-refractivity contribution in [3.8, 4) is 11.8 Å². The summed E-state index contributed by atoms with van der Waals surface area (Å²) in [7, 11) is 1.69. The van der Waals surface area contributed by atoms with Crippen molar-refractivity contribution >= 4 is 0 Å². The van der Waals surface area contributed by atoms with Gasteiger partial charge in [-0.3, -0.25) is 0 Å². The van der Waals surface area contributed by atoms with Crippen LogP contribution in [0.4, 0.5) is 0 Å². The zero-order chi connectivity index (χ0) is 14.9. The van der Waals surface area contributed by atoms with E-state index >= 15 is 0 Å². The highest BCUT2D eigenvalue weighted by molar-refractivity contribution is 5.34. The Kier molecular flexibility index (Phi) is 6.12. The molecular formula is C16H21N3O2. The Morgan fingerprint density at radius 2 is 1.90 bits per heavy atom. The lowest BCUT2D eigenvalue weighted by Gasteiger charge is -2.08. The van der Waals surface area contributed by atoms with Gasteiger partial charge >= 0.3 is 6.01 Å². The molecule has 21 heavy (non-hydrogen) atoms. The lowest BCUT2D eigenvalue weighted by molar-refractivity contribution is 0.199. The third kappa shape index (κ3) is 4.81. The van der Waals surface area contributed by atoms with Crippen molar-refractivity contribution in [2.45, 2.75) is 19.9 Å². The van der Waals surface area contributed by atoms with E-state index in [0.717, 1.165) is 36.4 Å². The smallest absolute Gasteiger partial charge is 0.321 e. The maximum Gasteiger partial charge on any atom is 0.321 e. The van der Waals surface area contributed by atoms with Gasteiger partial charge in [-0.2, -0.15) is 0 Å². The van der Waals surface area contributed by atoms with E-state index in [9.17, 15) is 0 Å². The van der Waals surface area contributed by atoms with Crippen LogP contribution in [0.2, 0.25) is 0 Å². The van der Waals surface area contributed by atoms with Crippen LogP contribution in [0.1, 0.15) is 18.1 Å². The van der Waals surface area contributed by atoms with Gasteiger partial charge in [-0.25, -0.2) is 9.97 Å². The quantitative estimate of drug-likeness (QED) is 0.756. The molecule has 0 aliphatic carbocycles. The zero-order valence-electron chi connectivity index (χ0n) is 12.5. The summed E-state index contributed by atoms with van der Waals surface area (Å²) >= 11 is 0. The molecule has 1 aromatic heterocycles. The number of methoxy groups -OCH3 is 1. The number of ether oxygens (including phenoxy) is 2. The molecule has 0 aliphatic heterocycles. The number of aromatic nitrogens is 2. The number of para-hydroxylation sites is 1. The minimum Gasteiger partial charge on any atom is -0.424 e. The van der Waals surface area contributed by atoms with Gasteiger partial charge in [-0.1, -0.05) is 25.1 Å². The van der Waals surface area contributed by atoms with E-state index in [1.54, 1.807) is 19.5 Å². The predicted octanol–water partition coefficient (Wildman–Crippen LogP) is 2.57. The van der Waals surface area contributed by atoms with Crippen molar-refractivity contribution in [3.63, 3.8) is 0 Å². The first-order valence-corrected chi connectivity index (χ1v) is 7.09. The predicted molar refractivity (Wildman–Crippen MR) is 81.5 cm³/mol. The molecule has 0 saturated carbocycles. The molecule has 0 saturated heterocycles. The van der Waals surface area contributed by atoms with E-state index in [-0.39, 0.29) is 0 Å². The highest BCUT2D eigenvalue weighted by atomic mass is 16.5. The maximum absolute atomic E-state index is 5.74. The monoisotopic (exact) mass is 287 g/mol. The number of hydrogen-bond acceptors (Lipinski definition) is 5. The molecular weight excluding hydrogens is 266 g/mol. The standard InChI is InChI=1S/C16H21N3O2/c1-3-14-6-4-5-7-15(14)21-16-18-11-13(12-19-16)10-17-8-9-20-2/h4-7,11-12,17H,3,8-10H2,1-2H3. The summed E-state index contributed by atoms with van der Waals surface area (Å²) in [6.07, 6.45) is 4.46. The van der Waals surface area contributed by atoms with E-state index in [0.29, 0.717) is 12.6 Å². The van der Waals surface area contributed by atoms with Gasteiger partial charge in [0.1, 0.15) is 5.75 Å². The topological polar surface area (TPSA) is 56.3 Å². The third-order valence-corrected chi connectivity index (χ3v) is 3.05. The summed E-state index contributed by atoms with van der Waals surface area (Å²) < 4.78 is 10.7. The fraction of sp³-hybridized carbons (Fsp3) is 0.375. The second-order valence-corrected chi connectivity index (χ2v) is 4.61. The highest BCUT2D eigenvalue weighted by Crippen LogP contribution is 2.22. The lowest BCUT2D eigenvalue weighted by atomic mass is 10.1. The molecule has 112 valence electrons. The van der Waals surface area contributed by atoms with Crippen LogP contribution in [0, 0.1) is 0 Å². The molecule has 0 radical (unpaired) electrons. The van der Waals surface area contributed by atoms with Crippen molar-refractivity contribution < 1.29 is 9.47 Å². The Morgan fingerprint density at radius 3 is 2.62 bits per heavy atom. The molecule has 0 spiro atoms. The molecule has 0 fully saturated rings. The average Bonchev–Trinajstić information content (AvgIpc) is 2.54. The van der Waals surface area contributed by atoms with Crippen LogP contribution in [0.15, 0.2) is 36.7 Å². The molecule has 5 nitrogen and oxygen atoms in total. The van der Waals surface area contributed by atoms with E-state index in [4.69, 9.17) is 9.47 Å². The molecule has 5 heteroatoms. The van der Waals surface area contributed by atoms with Crippen LogP contribution in [-0.2, 0) is 17.7 Å². The van der Waals surface area contributed by atoms with Crippen molar-refractivity contribution in [1.29, 1.82) is 0 Å². The van der Waals surface area contributed by atoms with E-state index in [1.165, 1.54) is 0 Å². The zero-order valence-corrected chi connectivity index (χ0v) is 12.5. The van der Waals surface area contributed by atoms with Gasteiger partial charge in [0.2, 0.25) is 0 Å². The van der Waals surface area contributed by atoms with Crippen LogP contribution in [-0.4, -0.2) is 30.2 Å². The summed E-state index contributed by atoms with van der Waals surface area (Å²) in [6, 6.07) is 8.30. The Balaban J connectivity index is 1.93. The summed E-state index contributed by atoms with van der Waals surface area (Å²) in [6.45, 7) is 4.31. The Labute approximate surface area is 125 Å². The van der Waals surface area contributed by atoms with Crippen LogP contribution in [0.25, 0.3) is 0 Å². The molecule has 0 aliphatic rings. The number of nitrogens with one attached hydrogen (secondary N) is 1. The van der Waals surface area contributed by atoms with Crippen LogP contribution >= 0.6 is 0 Å². The number of hydrogen-bond donors (Lipinski definition) is 1. The molecule has 1 heterocycles. The number of nitrogens with zero attached hydrogens (tertiary/aromatic N) is 2. The second kappa shape index (κ2) is 8.34. The van der Waals surface area contributed by atoms with Gasteiger partial charge in [0.15, 0.2) is 0 Å². The summed E-state index contributed by atoms with van der Waals surface area (Å²) in [5.74, 6) is 0.811. The van der Waals surface area contributed by atoms with E-state index < -0.39 is 0 Å². The third-order valence-electron chi connectivity index (χ3n) is 3.05.